The van der Waals surface area contributed by atoms with Crippen molar-refractivity contribution in [2.24, 2.45) is 7.05 Å². The molecule has 3 rings (SSSR count). The Bertz CT molecular complexity index is 1040. The zero-order valence-corrected chi connectivity index (χ0v) is 15.0. The van der Waals surface area contributed by atoms with Gasteiger partial charge in [0.25, 0.3) is 5.56 Å². The van der Waals surface area contributed by atoms with Crippen molar-refractivity contribution in [3.8, 4) is 11.1 Å². The van der Waals surface area contributed by atoms with Gasteiger partial charge < -0.3 is 4.57 Å². The number of aryl methyl sites for hydroxylation is 1. The fourth-order valence-corrected chi connectivity index (χ4v) is 2.88. The molecule has 26 heavy (non-hydrogen) atoms. The van der Waals surface area contributed by atoms with E-state index in [0.717, 1.165) is 12.1 Å². The standard InChI is InChI=1S/C20H19F3N2O/c1-19(2,3)17-18(26)25(4)16-9-8-13(11-15(16)24-17)12-6-5-7-14(10-12)20(21,22)23/h5-11H,1-4H3. The molecule has 0 unspecified atom stereocenters. The molecule has 1 aromatic heterocycles. The molecular formula is C20H19F3N2O. The monoisotopic (exact) mass is 360 g/mol. The average Bonchev–Trinajstić information content (AvgIpc) is 2.56. The number of hydrogen-bond donors (Lipinski definition) is 0. The Kier molecular flexibility index (Phi) is 4.17. The molecule has 136 valence electrons. The molecule has 0 bridgehead atoms. The molecule has 0 N–H and O–H groups in total. The number of hydrogen-bond acceptors (Lipinski definition) is 2. The molecule has 0 fully saturated rings. The smallest absolute Gasteiger partial charge is 0.308 e. The van der Waals surface area contributed by atoms with Crippen LogP contribution in [0.4, 0.5) is 13.2 Å². The van der Waals surface area contributed by atoms with Gasteiger partial charge in [-0.05, 0) is 35.4 Å². The maximum Gasteiger partial charge on any atom is 0.416 e. The van der Waals surface area contributed by atoms with Crippen molar-refractivity contribution in [2.75, 3.05) is 0 Å². The number of rotatable bonds is 1. The van der Waals surface area contributed by atoms with Crippen molar-refractivity contribution in [3.05, 3.63) is 64.1 Å². The number of benzene rings is 2. The second-order valence-corrected chi connectivity index (χ2v) is 7.36. The number of aromatic nitrogens is 2. The third-order valence-electron chi connectivity index (χ3n) is 4.31. The van der Waals surface area contributed by atoms with E-state index in [1.165, 1.54) is 10.6 Å². The lowest BCUT2D eigenvalue weighted by molar-refractivity contribution is -0.137. The molecule has 0 aliphatic rings. The summed E-state index contributed by atoms with van der Waals surface area (Å²) >= 11 is 0. The van der Waals surface area contributed by atoms with Crippen molar-refractivity contribution >= 4 is 11.0 Å². The Hall–Kier alpha value is -2.63. The molecule has 0 aliphatic heterocycles. The predicted molar refractivity (Wildman–Crippen MR) is 96.1 cm³/mol. The molecule has 0 radical (unpaired) electrons. The van der Waals surface area contributed by atoms with Gasteiger partial charge in [-0.2, -0.15) is 13.2 Å². The summed E-state index contributed by atoms with van der Waals surface area (Å²) in [5.41, 5.74) is 1.41. The Morgan fingerprint density at radius 3 is 2.23 bits per heavy atom. The van der Waals surface area contributed by atoms with Crippen LogP contribution in [0.2, 0.25) is 0 Å². The van der Waals surface area contributed by atoms with Crippen LogP contribution in [0, 0.1) is 0 Å². The van der Waals surface area contributed by atoms with Gasteiger partial charge in [-0.1, -0.05) is 39.0 Å². The van der Waals surface area contributed by atoms with Crippen LogP contribution < -0.4 is 5.56 Å². The lowest BCUT2D eigenvalue weighted by atomic mass is 9.92. The highest BCUT2D eigenvalue weighted by Crippen LogP contribution is 2.33. The summed E-state index contributed by atoms with van der Waals surface area (Å²) in [6, 6.07) is 10.3. The summed E-state index contributed by atoms with van der Waals surface area (Å²) in [5.74, 6) is 0. The highest BCUT2D eigenvalue weighted by atomic mass is 19.4. The van der Waals surface area contributed by atoms with E-state index in [1.54, 1.807) is 31.3 Å². The summed E-state index contributed by atoms with van der Waals surface area (Å²) in [5, 5.41) is 0. The Morgan fingerprint density at radius 1 is 0.962 bits per heavy atom. The first-order valence-corrected chi connectivity index (χ1v) is 8.17. The van der Waals surface area contributed by atoms with Gasteiger partial charge in [0.15, 0.2) is 0 Å². The van der Waals surface area contributed by atoms with E-state index < -0.39 is 17.2 Å². The van der Waals surface area contributed by atoms with E-state index in [0.29, 0.717) is 27.9 Å². The third-order valence-corrected chi connectivity index (χ3v) is 4.31. The topological polar surface area (TPSA) is 34.9 Å². The van der Waals surface area contributed by atoms with E-state index in [1.807, 2.05) is 20.8 Å². The van der Waals surface area contributed by atoms with Gasteiger partial charge in [0, 0.05) is 12.5 Å². The largest absolute Gasteiger partial charge is 0.416 e. The quantitative estimate of drug-likeness (QED) is 0.618. The molecular weight excluding hydrogens is 341 g/mol. The van der Waals surface area contributed by atoms with Gasteiger partial charge in [0.2, 0.25) is 0 Å². The normalized spacial score (nSPS) is 12.6. The highest BCUT2D eigenvalue weighted by molar-refractivity contribution is 5.82. The van der Waals surface area contributed by atoms with E-state index >= 15 is 0 Å². The van der Waals surface area contributed by atoms with Crippen molar-refractivity contribution in [2.45, 2.75) is 32.4 Å². The minimum absolute atomic E-state index is 0.170. The average molecular weight is 360 g/mol. The van der Waals surface area contributed by atoms with Gasteiger partial charge in [-0.25, -0.2) is 4.98 Å². The fourth-order valence-electron chi connectivity index (χ4n) is 2.88. The first kappa shape index (κ1) is 18.2. The minimum Gasteiger partial charge on any atom is -0.308 e. The van der Waals surface area contributed by atoms with Crippen LogP contribution in [0.25, 0.3) is 22.2 Å². The van der Waals surface area contributed by atoms with Crippen LogP contribution in [0.1, 0.15) is 32.0 Å². The maximum atomic E-state index is 13.0. The van der Waals surface area contributed by atoms with Crippen molar-refractivity contribution in [1.29, 1.82) is 0 Å². The number of alkyl halides is 3. The SMILES string of the molecule is Cn1c(=O)c(C(C)(C)C)nc2cc(-c3cccc(C(F)(F)F)c3)ccc21. The Morgan fingerprint density at radius 2 is 1.62 bits per heavy atom. The molecule has 6 heteroatoms. The van der Waals surface area contributed by atoms with Gasteiger partial charge in [-0.15, -0.1) is 0 Å². The summed E-state index contributed by atoms with van der Waals surface area (Å²) in [7, 11) is 1.67. The lowest BCUT2D eigenvalue weighted by Crippen LogP contribution is -2.31. The minimum atomic E-state index is -4.39. The van der Waals surface area contributed by atoms with Crippen LogP contribution in [0.5, 0.6) is 0 Å². The number of halogens is 3. The van der Waals surface area contributed by atoms with Crippen LogP contribution in [-0.4, -0.2) is 9.55 Å². The predicted octanol–water partition coefficient (Wildman–Crippen LogP) is 4.92. The van der Waals surface area contributed by atoms with E-state index in [2.05, 4.69) is 4.98 Å². The second kappa shape index (κ2) is 5.97. The van der Waals surface area contributed by atoms with E-state index in [4.69, 9.17) is 0 Å². The summed E-state index contributed by atoms with van der Waals surface area (Å²) < 4.78 is 40.4. The van der Waals surface area contributed by atoms with Gasteiger partial charge in [0.05, 0.1) is 16.6 Å². The van der Waals surface area contributed by atoms with Gasteiger partial charge >= 0.3 is 6.18 Å². The van der Waals surface area contributed by atoms with Crippen molar-refractivity contribution in [3.63, 3.8) is 0 Å². The summed E-state index contributed by atoms with van der Waals surface area (Å²) in [6.07, 6.45) is -4.39. The molecule has 0 saturated carbocycles. The first-order valence-electron chi connectivity index (χ1n) is 8.17. The maximum absolute atomic E-state index is 13.0. The molecule has 0 atom stereocenters. The van der Waals surface area contributed by atoms with Gasteiger partial charge in [0.1, 0.15) is 5.69 Å². The molecule has 2 aromatic carbocycles. The zero-order valence-electron chi connectivity index (χ0n) is 15.0. The van der Waals surface area contributed by atoms with Crippen LogP contribution >= 0.6 is 0 Å². The van der Waals surface area contributed by atoms with Crippen molar-refractivity contribution < 1.29 is 13.2 Å². The molecule has 0 aliphatic carbocycles. The summed E-state index contributed by atoms with van der Waals surface area (Å²) in [4.78, 5) is 17.0. The lowest BCUT2D eigenvalue weighted by Gasteiger charge is -2.19. The van der Waals surface area contributed by atoms with E-state index in [9.17, 15) is 18.0 Å². The number of nitrogens with zero attached hydrogens (tertiary/aromatic N) is 2. The van der Waals surface area contributed by atoms with Crippen LogP contribution in [0.15, 0.2) is 47.3 Å². The molecule has 0 amide bonds. The summed E-state index contributed by atoms with van der Waals surface area (Å²) in [6.45, 7) is 5.71. The second-order valence-electron chi connectivity index (χ2n) is 7.36. The highest BCUT2D eigenvalue weighted by Gasteiger charge is 2.30. The van der Waals surface area contributed by atoms with Gasteiger partial charge in [-0.3, -0.25) is 4.79 Å². The molecule has 3 nitrogen and oxygen atoms in total. The Balaban J connectivity index is 2.22. The van der Waals surface area contributed by atoms with Crippen LogP contribution in [-0.2, 0) is 18.6 Å². The Labute approximate surface area is 149 Å². The zero-order chi connectivity index (χ0) is 19.3. The van der Waals surface area contributed by atoms with Crippen molar-refractivity contribution in [1.82, 2.24) is 9.55 Å². The molecule has 3 aromatic rings. The first-order chi connectivity index (χ1) is 12.0. The number of fused-ring (bicyclic) bond motifs is 1. The molecule has 0 saturated heterocycles. The molecule has 1 heterocycles. The van der Waals surface area contributed by atoms with Crippen LogP contribution in [0.3, 0.4) is 0 Å². The van der Waals surface area contributed by atoms with E-state index in [-0.39, 0.29) is 5.56 Å². The third kappa shape index (κ3) is 3.23. The molecule has 0 spiro atoms. The fraction of sp³-hybridized carbons (Fsp3) is 0.300.